The molecule has 0 saturated heterocycles. The van der Waals surface area contributed by atoms with Gasteiger partial charge in [-0.1, -0.05) is 23.7 Å². The van der Waals surface area contributed by atoms with Crippen LogP contribution in [0.4, 0.5) is 11.6 Å². The van der Waals surface area contributed by atoms with E-state index in [2.05, 4.69) is 20.6 Å². The van der Waals surface area contributed by atoms with Crippen molar-refractivity contribution in [3.8, 4) is 5.75 Å². The first-order chi connectivity index (χ1) is 13.5. The number of halogens is 1. The van der Waals surface area contributed by atoms with Crippen molar-refractivity contribution < 1.29 is 9.53 Å². The molecule has 0 saturated carbocycles. The average molecular weight is 397 g/mol. The highest BCUT2D eigenvalue weighted by molar-refractivity contribution is 6.30. The van der Waals surface area contributed by atoms with Crippen LogP contribution in [0.2, 0.25) is 5.02 Å². The van der Waals surface area contributed by atoms with E-state index in [1.165, 1.54) is 0 Å². The molecule has 28 heavy (non-hydrogen) atoms. The number of hydrogen-bond acceptors (Lipinski definition) is 5. The number of nitrogens with one attached hydrogen (secondary N) is 2. The third-order valence-electron chi connectivity index (χ3n) is 4.04. The van der Waals surface area contributed by atoms with E-state index in [1.807, 2.05) is 31.2 Å². The number of aromatic nitrogens is 2. The number of ether oxygens (including phenoxy) is 1. The second kappa shape index (κ2) is 9.19. The summed E-state index contributed by atoms with van der Waals surface area (Å²) in [4.78, 5) is 21.2. The molecular formula is C21H21ClN4O2. The maximum Gasteiger partial charge on any atom is 0.274 e. The van der Waals surface area contributed by atoms with Gasteiger partial charge >= 0.3 is 0 Å². The summed E-state index contributed by atoms with van der Waals surface area (Å²) in [6.07, 6.45) is 0.794. The van der Waals surface area contributed by atoms with Crippen molar-refractivity contribution in [2.24, 2.45) is 0 Å². The number of benzene rings is 2. The Bertz CT molecular complexity index is 944. The number of carbonyl (C=O) groups is 1. The second-order valence-electron chi connectivity index (χ2n) is 6.20. The second-order valence-corrected chi connectivity index (χ2v) is 6.64. The molecule has 1 aromatic heterocycles. The van der Waals surface area contributed by atoms with Gasteiger partial charge in [0.1, 0.15) is 11.4 Å². The summed E-state index contributed by atoms with van der Waals surface area (Å²) >= 11 is 5.90. The van der Waals surface area contributed by atoms with E-state index in [9.17, 15) is 4.79 Å². The highest BCUT2D eigenvalue weighted by atomic mass is 35.5. The van der Waals surface area contributed by atoms with Crippen LogP contribution in [-0.4, -0.2) is 29.5 Å². The minimum Gasteiger partial charge on any atom is -0.497 e. The third kappa shape index (κ3) is 5.44. The number of anilines is 2. The van der Waals surface area contributed by atoms with Gasteiger partial charge in [0.05, 0.1) is 7.11 Å². The fourth-order valence-corrected chi connectivity index (χ4v) is 2.73. The molecule has 0 unspecified atom stereocenters. The molecule has 6 nitrogen and oxygen atoms in total. The van der Waals surface area contributed by atoms with Crippen LogP contribution >= 0.6 is 11.6 Å². The van der Waals surface area contributed by atoms with Crippen molar-refractivity contribution in [3.63, 3.8) is 0 Å². The van der Waals surface area contributed by atoms with Crippen LogP contribution in [0.1, 0.15) is 21.7 Å². The number of methoxy groups -OCH3 is 1. The smallest absolute Gasteiger partial charge is 0.274 e. The summed E-state index contributed by atoms with van der Waals surface area (Å²) in [5.74, 6) is 0.855. The number of aryl methyl sites for hydroxylation is 1. The van der Waals surface area contributed by atoms with Crippen molar-refractivity contribution in [2.45, 2.75) is 13.3 Å². The maximum absolute atomic E-state index is 12.5. The van der Waals surface area contributed by atoms with Crippen LogP contribution in [0.15, 0.2) is 54.6 Å². The fraction of sp³-hybridized carbons (Fsp3) is 0.190. The first-order valence-corrected chi connectivity index (χ1v) is 9.21. The SMILES string of the molecule is COc1ccc(NC(=O)c2cc(C)nc(NCCc3ccc(Cl)cc3)n2)cc1. The molecule has 3 rings (SSSR count). The molecule has 0 radical (unpaired) electrons. The standard InChI is InChI=1S/C21H21ClN4O2/c1-14-13-19(20(27)25-17-7-9-18(28-2)10-8-17)26-21(24-14)23-12-11-15-3-5-16(22)6-4-15/h3-10,13H,11-12H2,1-2H3,(H,25,27)(H,23,24,26). The number of amides is 1. The molecule has 3 aromatic rings. The predicted molar refractivity (Wildman–Crippen MR) is 111 cm³/mol. The van der Waals surface area contributed by atoms with Crippen molar-refractivity contribution in [3.05, 3.63) is 76.6 Å². The number of rotatable bonds is 7. The molecular weight excluding hydrogens is 376 g/mol. The Morgan fingerprint density at radius 3 is 2.46 bits per heavy atom. The number of hydrogen-bond donors (Lipinski definition) is 2. The maximum atomic E-state index is 12.5. The van der Waals surface area contributed by atoms with Crippen molar-refractivity contribution >= 4 is 29.1 Å². The third-order valence-corrected chi connectivity index (χ3v) is 4.30. The molecule has 0 spiro atoms. The molecule has 1 heterocycles. The molecule has 0 atom stereocenters. The van der Waals surface area contributed by atoms with Gasteiger partial charge < -0.3 is 15.4 Å². The van der Waals surface area contributed by atoms with Crippen LogP contribution in [0.5, 0.6) is 5.75 Å². The lowest BCUT2D eigenvalue weighted by atomic mass is 10.1. The zero-order valence-corrected chi connectivity index (χ0v) is 16.5. The minimum absolute atomic E-state index is 0.295. The van der Waals surface area contributed by atoms with E-state index in [0.717, 1.165) is 17.7 Å². The summed E-state index contributed by atoms with van der Waals surface area (Å²) in [7, 11) is 1.60. The molecule has 0 aliphatic carbocycles. The predicted octanol–water partition coefficient (Wildman–Crippen LogP) is 4.35. The van der Waals surface area contributed by atoms with Crippen LogP contribution in [-0.2, 0) is 6.42 Å². The van der Waals surface area contributed by atoms with Crippen LogP contribution in [0, 0.1) is 6.92 Å². The summed E-state index contributed by atoms with van der Waals surface area (Å²) in [6, 6.07) is 16.5. The van der Waals surface area contributed by atoms with Crippen molar-refractivity contribution in [1.82, 2.24) is 9.97 Å². The van der Waals surface area contributed by atoms with Crippen LogP contribution in [0.3, 0.4) is 0 Å². The lowest BCUT2D eigenvalue weighted by molar-refractivity contribution is 0.102. The molecule has 1 amide bonds. The van der Waals surface area contributed by atoms with Gasteiger partial charge in [0.25, 0.3) is 5.91 Å². The molecule has 2 N–H and O–H groups in total. The molecule has 7 heteroatoms. The highest BCUT2D eigenvalue weighted by Gasteiger charge is 2.11. The molecule has 0 aliphatic heterocycles. The zero-order valence-electron chi connectivity index (χ0n) is 15.7. The van der Waals surface area contributed by atoms with Gasteiger partial charge in [0.2, 0.25) is 5.95 Å². The Balaban J connectivity index is 1.62. The minimum atomic E-state index is -0.295. The van der Waals surface area contributed by atoms with E-state index in [4.69, 9.17) is 16.3 Å². The van der Waals surface area contributed by atoms with E-state index in [0.29, 0.717) is 34.6 Å². The van der Waals surface area contributed by atoms with Gasteiger partial charge in [-0.2, -0.15) is 0 Å². The summed E-state index contributed by atoms with van der Waals surface area (Å²) in [5.41, 5.74) is 2.84. The topological polar surface area (TPSA) is 76.1 Å². The van der Waals surface area contributed by atoms with E-state index >= 15 is 0 Å². The van der Waals surface area contributed by atoms with Gasteiger partial charge in [-0.05, 0) is 61.4 Å². The van der Waals surface area contributed by atoms with Gasteiger partial charge in [0.15, 0.2) is 0 Å². The van der Waals surface area contributed by atoms with Crippen LogP contribution < -0.4 is 15.4 Å². The molecule has 0 fully saturated rings. The molecule has 0 bridgehead atoms. The summed E-state index contributed by atoms with van der Waals surface area (Å²) in [5, 5.41) is 6.71. The summed E-state index contributed by atoms with van der Waals surface area (Å²) < 4.78 is 5.12. The first-order valence-electron chi connectivity index (χ1n) is 8.83. The van der Waals surface area contributed by atoms with E-state index < -0.39 is 0 Å². The molecule has 2 aromatic carbocycles. The van der Waals surface area contributed by atoms with E-state index in [-0.39, 0.29) is 5.91 Å². The Morgan fingerprint density at radius 2 is 1.79 bits per heavy atom. The van der Waals surface area contributed by atoms with Crippen molar-refractivity contribution in [2.75, 3.05) is 24.3 Å². The fourth-order valence-electron chi connectivity index (χ4n) is 2.60. The van der Waals surface area contributed by atoms with E-state index in [1.54, 1.807) is 37.4 Å². The molecule has 0 aliphatic rings. The van der Waals surface area contributed by atoms with Gasteiger partial charge in [0, 0.05) is 22.9 Å². The monoisotopic (exact) mass is 396 g/mol. The Labute approximate surface area is 168 Å². The number of nitrogens with zero attached hydrogens (tertiary/aromatic N) is 2. The lowest BCUT2D eigenvalue weighted by Gasteiger charge is -2.09. The van der Waals surface area contributed by atoms with Crippen LogP contribution in [0.25, 0.3) is 0 Å². The number of carbonyl (C=O) groups excluding carboxylic acids is 1. The van der Waals surface area contributed by atoms with Gasteiger partial charge in [-0.15, -0.1) is 0 Å². The average Bonchev–Trinajstić information content (AvgIpc) is 2.69. The Morgan fingerprint density at radius 1 is 1.07 bits per heavy atom. The van der Waals surface area contributed by atoms with Gasteiger partial charge in [-0.3, -0.25) is 4.79 Å². The normalized spacial score (nSPS) is 10.4. The van der Waals surface area contributed by atoms with Crippen molar-refractivity contribution in [1.29, 1.82) is 0 Å². The lowest BCUT2D eigenvalue weighted by Crippen LogP contribution is -2.16. The summed E-state index contributed by atoms with van der Waals surface area (Å²) in [6.45, 7) is 2.47. The van der Waals surface area contributed by atoms with Gasteiger partial charge in [-0.25, -0.2) is 9.97 Å². The Kier molecular flexibility index (Phi) is 6.45. The largest absolute Gasteiger partial charge is 0.497 e. The molecule has 144 valence electrons. The zero-order chi connectivity index (χ0) is 19.9. The quantitative estimate of drug-likeness (QED) is 0.620. The highest BCUT2D eigenvalue weighted by Crippen LogP contribution is 2.16. The first kappa shape index (κ1) is 19.6. The Hall–Kier alpha value is -3.12.